The number of methoxy groups -OCH3 is 1. The average molecular weight is 427 g/mol. The molecule has 1 fully saturated rings. The summed E-state index contributed by atoms with van der Waals surface area (Å²) in [6.07, 6.45) is 1.39. The van der Waals surface area contributed by atoms with Gasteiger partial charge in [-0.3, -0.25) is 9.59 Å². The van der Waals surface area contributed by atoms with Crippen LogP contribution >= 0.6 is 11.8 Å². The molecule has 1 aliphatic heterocycles. The number of hydrogen-bond acceptors (Lipinski definition) is 7. The van der Waals surface area contributed by atoms with Gasteiger partial charge in [0.2, 0.25) is 0 Å². The zero-order chi connectivity index (χ0) is 21.7. The Morgan fingerprint density at radius 2 is 1.83 bits per heavy atom. The molecule has 156 valence electrons. The van der Waals surface area contributed by atoms with Gasteiger partial charge in [-0.15, -0.1) is 0 Å². The standard InChI is InChI=1S/C22H21NO6S/c1-14(2)29-20(24)13-28-17-10-9-15(11-18(17)27-3)12-19-21(25)23(22(26)30-19)16-7-5-4-6-8-16/h4-12,14H,13H2,1-3H3/b19-12+. The average Bonchev–Trinajstić information content (AvgIpc) is 3.00. The number of carbonyl (C=O) groups excluding carboxylic acids is 3. The lowest BCUT2D eigenvalue weighted by Crippen LogP contribution is -2.27. The number of amides is 2. The summed E-state index contributed by atoms with van der Waals surface area (Å²) in [4.78, 5) is 38.2. The van der Waals surface area contributed by atoms with Gasteiger partial charge in [-0.05, 0) is 61.5 Å². The number of anilines is 1. The third kappa shape index (κ3) is 5.01. The zero-order valence-corrected chi connectivity index (χ0v) is 17.6. The minimum atomic E-state index is -0.481. The highest BCUT2D eigenvalue weighted by Gasteiger charge is 2.36. The first-order valence-electron chi connectivity index (χ1n) is 9.22. The number of carbonyl (C=O) groups is 3. The van der Waals surface area contributed by atoms with E-state index in [0.29, 0.717) is 27.7 Å². The second-order valence-corrected chi connectivity index (χ2v) is 7.58. The van der Waals surface area contributed by atoms with Gasteiger partial charge in [0.15, 0.2) is 18.1 Å². The number of ether oxygens (including phenoxy) is 3. The number of thioether (sulfide) groups is 1. The van der Waals surface area contributed by atoms with Gasteiger partial charge < -0.3 is 14.2 Å². The van der Waals surface area contributed by atoms with E-state index >= 15 is 0 Å². The molecule has 3 rings (SSSR count). The number of benzene rings is 2. The van der Waals surface area contributed by atoms with E-state index < -0.39 is 5.97 Å². The van der Waals surface area contributed by atoms with Crippen LogP contribution in [0.4, 0.5) is 10.5 Å². The molecular formula is C22H21NO6S. The Kier molecular flexibility index (Phi) is 6.79. The molecule has 0 radical (unpaired) electrons. The number of para-hydroxylation sites is 1. The van der Waals surface area contributed by atoms with Crippen molar-refractivity contribution in [1.82, 2.24) is 0 Å². The van der Waals surface area contributed by atoms with Crippen molar-refractivity contribution in [2.24, 2.45) is 0 Å². The lowest BCUT2D eigenvalue weighted by atomic mass is 10.2. The predicted molar refractivity (Wildman–Crippen MR) is 115 cm³/mol. The normalized spacial score (nSPS) is 15.1. The smallest absolute Gasteiger partial charge is 0.344 e. The van der Waals surface area contributed by atoms with Crippen molar-refractivity contribution >= 4 is 40.6 Å². The molecular weight excluding hydrogens is 406 g/mol. The van der Waals surface area contributed by atoms with Crippen LogP contribution in [0.3, 0.4) is 0 Å². The molecule has 0 bridgehead atoms. The third-order valence-electron chi connectivity index (χ3n) is 4.01. The Labute approximate surface area is 178 Å². The second-order valence-electron chi connectivity index (χ2n) is 6.59. The molecule has 30 heavy (non-hydrogen) atoms. The van der Waals surface area contributed by atoms with Crippen molar-refractivity contribution in [2.45, 2.75) is 20.0 Å². The first-order valence-corrected chi connectivity index (χ1v) is 10.0. The van der Waals surface area contributed by atoms with Gasteiger partial charge in [-0.1, -0.05) is 24.3 Å². The Hall–Kier alpha value is -3.26. The maximum absolute atomic E-state index is 12.7. The van der Waals surface area contributed by atoms with Crippen LogP contribution in [0.2, 0.25) is 0 Å². The first-order chi connectivity index (χ1) is 14.4. The fourth-order valence-electron chi connectivity index (χ4n) is 2.75. The molecule has 2 aromatic rings. The topological polar surface area (TPSA) is 82.1 Å². The Bertz CT molecular complexity index is 986. The maximum Gasteiger partial charge on any atom is 0.344 e. The van der Waals surface area contributed by atoms with Crippen LogP contribution in [-0.4, -0.2) is 36.9 Å². The summed E-state index contributed by atoms with van der Waals surface area (Å²) in [6, 6.07) is 13.8. The van der Waals surface area contributed by atoms with E-state index in [1.165, 1.54) is 7.11 Å². The van der Waals surface area contributed by atoms with Gasteiger partial charge in [0.1, 0.15) is 0 Å². The van der Waals surface area contributed by atoms with E-state index in [2.05, 4.69) is 0 Å². The highest BCUT2D eigenvalue weighted by molar-refractivity contribution is 8.19. The summed E-state index contributed by atoms with van der Waals surface area (Å²) in [5.74, 6) is -0.103. The summed E-state index contributed by atoms with van der Waals surface area (Å²) >= 11 is 0.874. The largest absolute Gasteiger partial charge is 0.493 e. The predicted octanol–water partition coefficient (Wildman–Crippen LogP) is 4.27. The molecule has 2 aromatic carbocycles. The molecule has 1 heterocycles. The Balaban J connectivity index is 1.76. The van der Waals surface area contributed by atoms with Gasteiger partial charge in [0.05, 0.1) is 23.8 Å². The van der Waals surface area contributed by atoms with Gasteiger partial charge in [-0.2, -0.15) is 0 Å². The van der Waals surface area contributed by atoms with E-state index in [9.17, 15) is 14.4 Å². The van der Waals surface area contributed by atoms with Gasteiger partial charge in [0.25, 0.3) is 11.1 Å². The summed E-state index contributed by atoms with van der Waals surface area (Å²) in [6.45, 7) is 3.27. The second kappa shape index (κ2) is 9.49. The van der Waals surface area contributed by atoms with E-state index in [4.69, 9.17) is 14.2 Å². The summed E-state index contributed by atoms with van der Waals surface area (Å²) < 4.78 is 15.8. The summed E-state index contributed by atoms with van der Waals surface area (Å²) in [5.41, 5.74) is 1.18. The molecule has 0 atom stereocenters. The van der Waals surface area contributed by atoms with Crippen molar-refractivity contribution in [1.29, 1.82) is 0 Å². The quantitative estimate of drug-likeness (QED) is 0.482. The fraction of sp³-hybridized carbons (Fsp3) is 0.227. The minimum absolute atomic E-state index is 0.225. The molecule has 0 N–H and O–H groups in total. The molecule has 8 heteroatoms. The van der Waals surface area contributed by atoms with Gasteiger partial charge in [-0.25, -0.2) is 9.69 Å². The molecule has 1 aliphatic rings. The van der Waals surface area contributed by atoms with Crippen LogP contribution in [-0.2, 0) is 14.3 Å². The molecule has 0 unspecified atom stereocenters. The fourth-order valence-corrected chi connectivity index (χ4v) is 3.59. The number of imide groups is 1. The van der Waals surface area contributed by atoms with Crippen molar-refractivity contribution in [3.05, 3.63) is 59.0 Å². The van der Waals surface area contributed by atoms with Crippen molar-refractivity contribution in [3.63, 3.8) is 0 Å². The number of esters is 1. The SMILES string of the molecule is COc1cc(/C=C2/SC(=O)N(c3ccccc3)C2=O)ccc1OCC(=O)OC(C)C. The van der Waals surface area contributed by atoms with Crippen LogP contribution in [0, 0.1) is 0 Å². The van der Waals surface area contributed by atoms with Crippen LogP contribution in [0.5, 0.6) is 11.5 Å². The molecule has 2 amide bonds. The van der Waals surface area contributed by atoms with Crippen LogP contribution in [0.1, 0.15) is 19.4 Å². The number of rotatable bonds is 7. The zero-order valence-electron chi connectivity index (χ0n) is 16.8. The number of hydrogen-bond donors (Lipinski definition) is 0. The highest BCUT2D eigenvalue weighted by atomic mass is 32.2. The molecule has 0 aromatic heterocycles. The van der Waals surface area contributed by atoms with Crippen LogP contribution < -0.4 is 14.4 Å². The van der Waals surface area contributed by atoms with E-state index in [1.807, 2.05) is 6.07 Å². The lowest BCUT2D eigenvalue weighted by molar-refractivity contribution is -0.149. The Morgan fingerprint density at radius 1 is 1.10 bits per heavy atom. The highest BCUT2D eigenvalue weighted by Crippen LogP contribution is 2.36. The van der Waals surface area contributed by atoms with Crippen LogP contribution in [0.15, 0.2) is 53.4 Å². The molecule has 0 spiro atoms. The number of nitrogens with zero attached hydrogens (tertiary/aromatic N) is 1. The maximum atomic E-state index is 12.7. The van der Waals surface area contributed by atoms with E-state index in [0.717, 1.165) is 16.7 Å². The summed E-state index contributed by atoms with van der Waals surface area (Å²) in [5, 5.41) is -0.354. The van der Waals surface area contributed by atoms with Gasteiger partial charge in [0, 0.05) is 0 Å². The summed E-state index contributed by atoms with van der Waals surface area (Å²) in [7, 11) is 1.47. The van der Waals surface area contributed by atoms with Crippen molar-refractivity contribution < 1.29 is 28.6 Å². The van der Waals surface area contributed by atoms with Crippen LogP contribution in [0.25, 0.3) is 6.08 Å². The monoisotopic (exact) mass is 427 g/mol. The molecule has 0 aliphatic carbocycles. The molecule has 0 saturated carbocycles. The lowest BCUT2D eigenvalue weighted by Gasteiger charge is -2.12. The first kappa shape index (κ1) is 21.4. The third-order valence-corrected chi connectivity index (χ3v) is 4.88. The van der Waals surface area contributed by atoms with E-state index in [1.54, 1.807) is 62.4 Å². The van der Waals surface area contributed by atoms with Crippen molar-refractivity contribution in [3.8, 4) is 11.5 Å². The van der Waals surface area contributed by atoms with E-state index in [-0.39, 0.29) is 23.9 Å². The van der Waals surface area contributed by atoms with Gasteiger partial charge >= 0.3 is 5.97 Å². The Morgan fingerprint density at radius 3 is 2.50 bits per heavy atom. The van der Waals surface area contributed by atoms with Crippen molar-refractivity contribution in [2.75, 3.05) is 18.6 Å². The molecule has 7 nitrogen and oxygen atoms in total. The molecule has 1 saturated heterocycles. The minimum Gasteiger partial charge on any atom is -0.493 e.